The van der Waals surface area contributed by atoms with Crippen LogP contribution in [0.1, 0.15) is 0 Å². The van der Waals surface area contributed by atoms with Gasteiger partial charge < -0.3 is 19.4 Å². The summed E-state index contributed by atoms with van der Waals surface area (Å²) in [5.41, 5.74) is 0. The van der Waals surface area contributed by atoms with E-state index in [9.17, 15) is 0 Å². The quantitative estimate of drug-likeness (QED) is 0.732. The highest BCUT2D eigenvalue weighted by Crippen LogP contribution is 2.30. The third-order valence-electron chi connectivity index (χ3n) is 2.10. The van der Waals surface area contributed by atoms with Crippen LogP contribution < -0.4 is 9.47 Å². The minimum Gasteiger partial charge on any atom is -0.420 e. The Kier molecular flexibility index (Phi) is 2.63. The molecule has 7 heteroatoms. The van der Waals surface area contributed by atoms with Gasteiger partial charge in [0.2, 0.25) is 5.88 Å². The lowest BCUT2D eigenvalue weighted by atomic mass is 10.4. The summed E-state index contributed by atoms with van der Waals surface area (Å²) in [6, 6.07) is 3.86. The van der Waals surface area contributed by atoms with Gasteiger partial charge in [-0.1, -0.05) is 0 Å². The monoisotopic (exact) mass is 243 g/mol. The first-order valence-electron chi connectivity index (χ1n) is 5.20. The second kappa shape index (κ2) is 4.58. The molecule has 0 saturated carbocycles. The van der Waals surface area contributed by atoms with Gasteiger partial charge >= 0.3 is 0 Å². The largest absolute Gasteiger partial charge is 0.420 e. The average Bonchev–Trinajstić information content (AvgIpc) is 3.05. The van der Waals surface area contributed by atoms with E-state index in [1.165, 1.54) is 6.33 Å². The number of aromatic nitrogens is 5. The number of ether oxygens (including phenoxy) is 2. The van der Waals surface area contributed by atoms with E-state index >= 15 is 0 Å². The lowest BCUT2D eigenvalue weighted by molar-refractivity contribution is 0.384. The van der Waals surface area contributed by atoms with Crippen molar-refractivity contribution < 1.29 is 9.47 Å². The Morgan fingerprint density at radius 3 is 2.83 bits per heavy atom. The van der Waals surface area contributed by atoms with E-state index < -0.39 is 0 Å². The van der Waals surface area contributed by atoms with Crippen LogP contribution in [0, 0.1) is 0 Å². The van der Waals surface area contributed by atoms with Crippen molar-refractivity contribution in [3.8, 4) is 23.5 Å². The minimum atomic E-state index is 0.332. The van der Waals surface area contributed by atoms with Gasteiger partial charge in [0.05, 0.1) is 12.5 Å². The zero-order valence-electron chi connectivity index (χ0n) is 9.20. The molecule has 3 aromatic heterocycles. The molecule has 0 aliphatic rings. The zero-order valence-corrected chi connectivity index (χ0v) is 9.20. The summed E-state index contributed by atoms with van der Waals surface area (Å²) in [7, 11) is 0. The standard InChI is InChI=1S/C11H9N5O2/c1-2-8(17-11-14-4-5-15-11)10(13-3-1)18-9-6-12-7-16-9/h1-7H,(H,12,16)(H,14,15). The molecule has 0 aromatic carbocycles. The Bertz CT molecular complexity index is 551. The first-order valence-corrected chi connectivity index (χ1v) is 5.20. The van der Waals surface area contributed by atoms with E-state index in [0.29, 0.717) is 23.5 Å². The maximum Gasteiger partial charge on any atom is 0.299 e. The van der Waals surface area contributed by atoms with Crippen LogP contribution in [0.4, 0.5) is 0 Å². The van der Waals surface area contributed by atoms with Gasteiger partial charge in [0.1, 0.15) is 0 Å². The maximum absolute atomic E-state index is 5.51. The molecule has 0 fully saturated rings. The van der Waals surface area contributed by atoms with Gasteiger partial charge in [-0.15, -0.1) is 0 Å². The molecule has 0 atom stereocenters. The number of nitrogens with one attached hydrogen (secondary N) is 2. The normalized spacial score (nSPS) is 10.2. The van der Waals surface area contributed by atoms with Gasteiger partial charge in [-0.3, -0.25) is 0 Å². The predicted octanol–water partition coefficient (Wildman–Crippen LogP) is 2.11. The van der Waals surface area contributed by atoms with Crippen molar-refractivity contribution in [2.45, 2.75) is 0 Å². The average molecular weight is 243 g/mol. The number of nitrogens with zero attached hydrogens (tertiary/aromatic N) is 3. The Labute approximate surface area is 102 Å². The second-order valence-electron chi connectivity index (χ2n) is 3.32. The van der Waals surface area contributed by atoms with Crippen LogP contribution >= 0.6 is 0 Å². The van der Waals surface area contributed by atoms with Crippen LogP contribution in [0.3, 0.4) is 0 Å². The number of H-pyrrole nitrogens is 2. The smallest absolute Gasteiger partial charge is 0.299 e. The first-order chi connectivity index (χ1) is 8.92. The summed E-state index contributed by atoms with van der Waals surface area (Å²) < 4.78 is 11.0. The molecule has 18 heavy (non-hydrogen) atoms. The van der Waals surface area contributed by atoms with Crippen LogP contribution in [0.25, 0.3) is 0 Å². The molecule has 0 spiro atoms. The lowest BCUT2D eigenvalue weighted by Gasteiger charge is -2.07. The van der Waals surface area contributed by atoms with Gasteiger partial charge in [0.15, 0.2) is 5.75 Å². The van der Waals surface area contributed by atoms with Crippen molar-refractivity contribution in [3.05, 3.63) is 43.2 Å². The van der Waals surface area contributed by atoms with Crippen LogP contribution in [0.15, 0.2) is 43.2 Å². The molecule has 0 aliphatic heterocycles. The van der Waals surface area contributed by atoms with Crippen molar-refractivity contribution >= 4 is 0 Å². The fourth-order valence-corrected chi connectivity index (χ4v) is 1.34. The summed E-state index contributed by atoms with van der Waals surface area (Å²) in [6.45, 7) is 0. The van der Waals surface area contributed by atoms with Crippen LogP contribution in [-0.4, -0.2) is 24.9 Å². The van der Waals surface area contributed by atoms with E-state index in [-0.39, 0.29) is 0 Å². The van der Waals surface area contributed by atoms with Crippen molar-refractivity contribution in [2.24, 2.45) is 0 Å². The molecule has 90 valence electrons. The van der Waals surface area contributed by atoms with E-state index in [2.05, 4.69) is 24.9 Å². The molecule has 0 amide bonds. The van der Waals surface area contributed by atoms with E-state index in [1.807, 2.05) is 0 Å². The summed E-state index contributed by atoms with van der Waals surface area (Å²) in [5.74, 6) is 1.28. The number of rotatable bonds is 4. The zero-order chi connectivity index (χ0) is 12.2. The van der Waals surface area contributed by atoms with Gasteiger partial charge in [-0.25, -0.2) is 15.0 Å². The van der Waals surface area contributed by atoms with Crippen molar-refractivity contribution in [1.29, 1.82) is 0 Å². The van der Waals surface area contributed by atoms with E-state index in [1.54, 1.807) is 36.9 Å². The molecule has 3 aromatic rings. The number of hydrogen-bond acceptors (Lipinski definition) is 5. The fourth-order valence-electron chi connectivity index (χ4n) is 1.34. The molecule has 3 rings (SSSR count). The molecular formula is C11H9N5O2. The molecule has 0 radical (unpaired) electrons. The van der Waals surface area contributed by atoms with E-state index in [0.717, 1.165) is 0 Å². The minimum absolute atomic E-state index is 0.332. The summed E-state index contributed by atoms with van der Waals surface area (Å²) in [6.07, 6.45) is 7.94. The summed E-state index contributed by atoms with van der Waals surface area (Å²) >= 11 is 0. The molecular weight excluding hydrogens is 234 g/mol. The maximum atomic E-state index is 5.51. The number of pyridine rings is 1. The SMILES string of the molecule is c1cnc(Oc2cnc[nH]2)c(Oc2ncc[nH]2)c1. The molecule has 0 aliphatic carbocycles. The Morgan fingerprint density at radius 2 is 2.06 bits per heavy atom. The molecule has 7 nitrogen and oxygen atoms in total. The molecule has 0 saturated heterocycles. The van der Waals surface area contributed by atoms with Gasteiger partial charge in [-0.05, 0) is 12.1 Å². The predicted molar refractivity (Wildman–Crippen MR) is 61.6 cm³/mol. The summed E-state index contributed by atoms with van der Waals surface area (Å²) in [5, 5.41) is 0. The van der Waals surface area contributed by atoms with Crippen molar-refractivity contribution in [3.63, 3.8) is 0 Å². The Hall–Kier alpha value is -2.83. The molecule has 0 bridgehead atoms. The second-order valence-corrected chi connectivity index (χ2v) is 3.32. The van der Waals surface area contributed by atoms with Gasteiger partial charge in [-0.2, -0.15) is 0 Å². The first kappa shape index (κ1) is 10.3. The number of imidazole rings is 2. The lowest BCUT2D eigenvalue weighted by Crippen LogP contribution is -1.93. The van der Waals surface area contributed by atoms with Crippen LogP contribution in [0.2, 0.25) is 0 Å². The third kappa shape index (κ3) is 2.14. The third-order valence-corrected chi connectivity index (χ3v) is 2.10. The van der Waals surface area contributed by atoms with Crippen molar-refractivity contribution in [1.82, 2.24) is 24.9 Å². The van der Waals surface area contributed by atoms with Crippen LogP contribution in [0.5, 0.6) is 23.5 Å². The number of hydrogen-bond donors (Lipinski definition) is 2. The van der Waals surface area contributed by atoms with Crippen LogP contribution in [-0.2, 0) is 0 Å². The van der Waals surface area contributed by atoms with Gasteiger partial charge in [0.25, 0.3) is 11.9 Å². The fraction of sp³-hybridized carbons (Fsp3) is 0. The Morgan fingerprint density at radius 1 is 1.06 bits per heavy atom. The van der Waals surface area contributed by atoms with E-state index in [4.69, 9.17) is 9.47 Å². The Balaban J connectivity index is 1.85. The van der Waals surface area contributed by atoms with Crippen molar-refractivity contribution in [2.75, 3.05) is 0 Å². The van der Waals surface area contributed by atoms with Gasteiger partial charge in [0, 0.05) is 18.6 Å². The highest BCUT2D eigenvalue weighted by molar-refractivity contribution is 5.36. The highest BCUT2D eigenvalue weighted by atomic mass is 16.5. The number of aromatic amines is 2. The molecule has 3 heterocycles. The highest BCUT2D eigenvalue weighted by Gasteiger charge is 2.10. The molecule has 0 unspecified atom stereocenters. The topological polar surface area (TPSA) is 88.7 Å². The summed E-state index contributed by atoms with van der Waals surface area (Å²) in [4.78, 5) is 17.6. The molecule has 2 N–H and O–H groups in total.